The highest BCUT2D eigenvalue weighted by atomic mass is 32.2. The van der Waals surface area contributed by atoms with Gasteiger partial charge in [-0.15, -0.1) is 0 Å². The van der Waals surface area contributed by atoms with E-state index in [9.17, 15) is 8.42 Å². The van der Waals surface area contributed by atoms with Crippen LogP contribution in [0, 0.1) is 0 Å². The summed E-state index contributed by atoms with van der Waals surface area (Å²) in [5.74, 6) is 0. The summed E-state index contributed by atoms with van der Waals surface area (Å²) in [6.45, 7) is 12.9. The smallest absolute Gasteiger partial charge is 0.279 e. The first-order valence-corrected chi connectivity index (χ1v) is 8.88. The number of nitrogens with zero attached hydrogens (tertiary/aromatic N) is 2. The lowest BCUT2D eigenvalue weighted by Crippen LogP contribution is -2.53. The molecule has 120 valence electrons. The molecule has 0 amide bonds. The van der Waals surface area contributed by atoms with Gasteiger partial charge < -0.3 is 4.74 Å². The van der Waals surface area contributed by atoms with Gasteiger partial charge in [-0.05, 0) is 20.8 Å². The Bertz CT molecular complexity index is 374. The lowest BCUT2D eigenvalue weighted by atomic mass is 10.2. The van der Waals surface area contributed by atoms with Crippen LogP contribution >= 0.6 is 0 Å². The summed E-state index contributed by atoms with van der Waals surface area (Å²) in [6.07, 6.45) is 0.390. The van der Waals surface area contributed by atoms with Crippen LogP contribution < -0.4 is 4.72 Å². The zero-order valence-corrected chi connectivity index (χ0v) is 14.1. The predicted molar refractivity (Wildman–Crippen MR) is 80.9 cm³/mol. The number of rotatable bonds is 7. The molecule has 1 aliphatic rings. The van der Waals surface area contributed by atoms with Gasteiger partial charge in [0.25, 0.3) is 10.2 Å². The van der Waals surface area contributed by atoms with E-state index in [0.717, 1.165) is 13.1 Å². The first-order chi connectivity index (χ1) is 9.30. The predicted octanol–water partition coefficient (Wildman–Crippen LogP) is 0.660. The average molecular weight is 307 g/mol. The summed E-state index contributed by atoms with van der Waals surface area (Å²) in [5.41, 5.74) is 0. The van der Waals surface area contributed by atoms with E-state index < -0.39 is 10.2 Å². The topological polar surface area (TPSA) is 61.9 Å². The molecule has 1 N–H and O–H groups in total. The van der Waals surface area contributed by atoms with Crippen molar-refractivity contribution in [3.63, 3.8) is 0 Å². The highest BCUT2D eigenvalue weighted by Crippen LogP contribution is 2.13. The maximum Gasteiger partial charge on any atom is 0.279 e. The molecule has 6 nitrogen and oxygen atoms in total. The van der Waals surface area contributed by atoms with E-state index in [4.69, 9.17) is 4.74 Å². The maximum atomic E-state index is 12.1. The second kappa shape index (κ2) is 7.70. The Morgan fingerprint density at radius 1 is 1.25 bits per heavy atom. The molecular formula is C13H29N3O3S. The van der Waals surface area contributed by atoms with Gasteiger partial charge in [-0.3, -0.25) is 4.90 Å². The van der Waals surface area contributed by atoms with Gasteiger partial charge in [0.05, 0.1) is 12.2 Å². The minimum atomic E-state index is -3.36. The highest BCUT2D eigenvalue weighted by Gasteiger charge is 2.27. The maximum absolute atomic E-state index is 12.1. The fourth-order valence-electron chi connectivity index (χ4n) is 2.59. The highest BCUT2D eigenvalue weighted by molar-refractivity contribution is 7.87. The summed E-state index contributed by atoms with van der Waals surface area (Å²) in [5, 5.41) is 0. The summed E-state index contributed by atoms with van der Waals surface area (Å²) >= 11 is 0. The standard InChI is InChI=1S/C13H29N3O3S/c1-6-16(7-2)20(17,18)14-8-11(3)15-9-12(4)19-13(5)10-15/h11-14H,6-10H2,1-5H3/t11-,12+,13+/m0/s1. The summed E-state index contributed by atoms with van der Waals surface area (Å²) < 4.78 is 34.0. The van der Waals surface area contributed by atoms with Crippen molar-refractivity contribution in [2.45, 2.75) is 52.9 Å². The van der Waals surface area contributed by atoms with Crippen molar-refractivity contribution in [2.75, 3.05) is 32.7 Å². The van der Waals surface area contributed by atoms with Gasteiger partial charge in [0.15, 0.2) is 0 Å². The lowest BCUT2D eigenvalue weighted by Gasteiger charge is -2.39. The van der Waals surface area contributed by atoms with Gasteiger partial charge in [0.1, 0.15) is 0 Å². The SMILES string of the molecule is CCN(CC)S(=O)(=O)NC[C@H](C)N1C[C@@H](C)O[C@H](C)C1. The average Bonchev–Trinajstić information content (AvgIpc) is 2.36. The zero-order valence-electron chi connectivity index (χ0n) is 13.3. The van der Waals surface area contributed by atoms with Crippen LogP contribution in [0.25, 0.3) is 0 Å². The van der Waals surface area contributed by atoms with Gasteiger partial charge >= 0.3 is 0 Å². The molecule has 0 bridgehead atoms. The summed E-state index contributed by atoms with van der Waals surface area (Å²) in [7, 11) is -3.36. The second-order valence-electron chi connectivity index (χ2n) is 5.50. The molecule has 0 spiro atoms. The van der Waals surface area contributed by atoms with E-state index in [1.165, 1.54) is 4.31 Å². The Kier molecular flexibility index (Phi) is 6.87. The monoisotopic (exact) mass is 307 g/mol. The van der Waals surface area contributed by atoms with Crippen LogP contribution in [0.3, 0.4) is 0 Å². The van der Waals surface area contributed by atoms with Gasteiger partial charge in [0, 0.05) is 38.8 Å². The molecule has 0 aromatic heterocycles. The third-order valence-electron chi connectivity index (χ3n) is 3.68. The Balaban J connectivity index is 2.52. The van der Waals surface area contributed by atoms with Crippen LogP contribution in [0.5, 0.6) is 0 Å². The van der Waals surface area contributed by atoms with Crippen LogP contribution in [-0.2, 0) is 14.9 Å². The van der Waals surface area contributed by atoms with Crippen LogP contribution in [0.2, 0.25) is 0 Å². The van der Waals surface area contributed by atoms with Crippen molar-refractivity contribution in [3.8, 4) is 0 Å². The zero-order chi connectivity index (χ0) is 15.3. The van der Waals surface area contributed by atoms with E-state index in [1.807, 2.05) is 13.8 Å². The largest absolute Gasteiger partial charge is 0.373 e. The molecule has 7 heteroatoms. The summed E-state index contributed by atoms with van der Waals surface area (Å²) in [4.78, 5) is 2.28. The molecule has 1 heterocycles. The summed E-state index contributed by atoms with van der Waals surface area (Å²) in [6, 6.07) is 0.161. The first kappa shape index (κ1) is 17.8. The van der Waals surface area contributed by atoms with Crippen molar-refractivity contribution in [1.82, 2.24) is 13.9 Å². The molecule has 0 radical (unpaired) electrons. The minimum Gasteiger partial charge on any atom is -0.373 e. The van der Waals surface area contributed by atoms with E-state index in [1.54, 1.807) is 0 Å². The molecular weight excluding hydrogens is 278 g/mol. The van der Waals surface area contributed by atoms with Crippen molar-refractivity contribution >= 4 is 10.2 Å². The number of hydrogen-bond acceptors (Lipinski definition) is 4. The van der Waals surface area contributed by atoms with Crippen molar-refractivity contribution in [1.29, 1.82) is 0 Å². The number of hydrogen-bond donors (Lipinski definition) is 1. The number of morpholine rings is 1. The molecule has 0 aliphatic carbocycles. The third-order valence-corrected chi connectivity index (χ3v) is 5.41. The van der Waals surface area contributed by atoms with Crippen LogP contribution in [0.4, 0.5) is 0 Å². The van der Waals surface area contributed by atoms with Crippen LogP contribution in [0.15, 0.2) is 0 Å². The van der Waals surface area contributed by atoms with Gasteiger partial charge in [-0.2, -0.15) is 12.7 Å². The molecule has 0 saturated carbocycles. The molecule has 0 aromatic rings. The molecule has 1 fully saturated rings. The fourth-order valence-corrected chi connectivity index (χ4v) is 3.90. The van der Waals surface area contributed by atoms with Crippen molar-refractivity contribution in [3.05, 3.63) is 0 Å². The van der Waals surface area contributed by atoms with Crippen LogP contribution in [-0.4, -0.2) is 68.6 Å². The van der Waals surface area contributed by atoms with E-state index in [0.29, 0.717) is 19.6 Å². The van der Waals surface area contributed by atoms with E-state index >= 15 is 0 Å². The fraction of sp³-hybridized carbons (Fsp3) is 1.00. The molecule has 20 heavy (non-hydrogen) atoms. The molecule has 1 rings (SSSR count). The van der Waals surface area contributed by atoms with Gasteiger partial charge in [-0.1, -0.05) is 13.8 Å². The molecule has 1 aliphatic heterocycles. The molecule has 3 atom stereocenters. The molecule has 0 aromatic carbocycles. The van der Waals surface area contributed by atoms with Crippen LogP contribution in [0.1, 0.15) is 34.6 Å². The lowest BCUT2D eigenvalue weighted by molar-refractivity contribution is -0.0776. The quantitative estimate of drug-likeness (QED) is 0.750. The Morgan fingerprint density at radius 3 is 2.20 bits per heavy atom. The Labute approximate surface area is 123 Å². The minimum absolute atomic E-state index is 0.161. The number of ether oxygens (including phenoxy) is 1. The van der Waals surface area contributed by atoms with E-state index in [-0.39, 0.29) is 18.2 Å². The van der Waals surface area contributed by atoms with Crippen molar-refractivity contribution < 1.29 is 13.2 Å². The van der Waals surface area contributed by atoms with Gasteiger partial charge in [0.2, 0.25) is 0 Å². The second-order valence-corrected chi connectivity index (χ2v) is 7.25. The molecule has 0 unspecified atom stereocenters. The molecule has 1 saturated heterocycles. The Hall–Kier alpha value is -0.210. The van der Waals surface area contributed by atoms with E-state index in [2.05, 4.69) is 30.4 Å². The van der Waals surface area contributed by atoms with Crippen molar-refractivity contribution in [2.24, 2.45) is 0 Å². The Morgan fingerprint density at radius 2 is 1.75 bits per heavy atom. The first-order valence-electron chi connectivity index (χ1n) is 7.44. The van der Waals surface area contributed by atoms with Gasteiger partial charge in [-0.25, -0.2) is 4.72 Å². The normalized spacial score (nSPS) is 26.9. The number of nitrogens with one attached hydrogen (secondary N) is 1. The third kappa shape index (κ3) is 4.96.